The van der Waals surface area contributed by atoms with Crippen LogP contribution in [-0.2, 0) is 4.79 Å². The molecule has 0 aliphatic rings. The number of benzene rings is 2. The Bertz CT molecular complexity index is 460. The van der Waals surface area contributed by atoms with Crippen LogP contribution in [0, 0.1) is 0 Å². The van der Waals surface area contributed by atoms with Crippen LogP contribution in [0.25, 0.3) is 0 Å². The van der Waals surface area contributed by atoms with Gasteiger partial charge in [0.2, 0.25) is 0 Å². The van der Waals surface area contributed by atoms with Crippen LogP contribution in [0.3, 0.4) is 0 Å². The molecule has 0 saturated heterocycles. The molecule has 0 bridgehead atoms. The van der Waals surface area contributed by atoms with Crippen LogP contribution in [0.4, 0.5) is 0 Å². The van der Waals surface area contributed by atoms with Gasteiger partial charge in [0.25, 0.3) is 0 Å². The van der Waals surface area contributed by atoms with E-state index in [-0.39, 0.29) is 11.7 Å². The minimum absolute atomic E-state index is 0.0300. The fourth-order valence-corrected chi connectivity index (χ4v) is 1.93. The van der Waals surface area contributed by atoms with Gasteiger partial charge in [-0.2, -0.15) is 0 Å². The highest BCUT2D eigenvalue weighted by Gasteiger charge is 2.19. The van der Waals surface area contributed by atoms with Crippen molar-refractivity contribution in [2.24, 2.45) is 0 Å². The van der Waals surface area contributed by atoms with Crippen LogP contribution in [0.5, 0.6) is 0 Å². The average molecular weight is 222 g/mol. The van der Waals surface area contributed by atoms with Crippen LogP contribution in [-0.4, -0.2) is 5.78 Å². The van der Waals surface area contributed by atoms with Gasteiger partial charge in [-0.15, -0.1) is 0 Å². The normalized spacial score (nSPS) is 10.2. The van der Waals surface area contributed by atoms with E-state index in [1.54, 1.807) is 0 Å². The summed E-state index contributed by atoms with van der Waals surface area (Å²) >= 11 is 0. The van der Waals surface area contributed by atoms with Gasteiger partial charge in [-0.25, -0.2) is 0 Å². The van der Waals surface area contributed by atoms with E-state index in [9.17, 15) is 4.79 Å². The Balaban J connectivity index is 2.47. The summed E-state index contributed by atoms with van der Waals surface area (Å²) in [4.78, 5) is 12.0. The molecule has 0 atom stereocenters. The molecule has 0 unspecified atom stereocenters. The Morgan fingerprint density at radius 2 is 1.29 bits per heavy atom. The summed E-state index contributed by atoms with van der Waals surface area (Å²) in [7, 11) is 0. The molecule has 0 heterocycles. The molecule has 0 spiro atoms. The van der Waals surface area contributed by atoms with Crippen molar-refractivity contribution < 1.29 is 4.79 Å². The fraction of sp³-hybridized carbons (Fsp3) is 0.0625. The highest BCUT2D eigenvalue weighted by Crippen LogP contribution is 2.25. The average Bonchev–Trinajstić information content (AvgIpc) is 2.41. The maximum Gasteiger partial charge on any atom is 0.166 e. The minimum Gasteiger partial charge on any atom is -0.294 e. The van der Waals surface area contributed by atoms with Crippen molar-refractivity contribution in [3.05, 3.63) is 84.4 Å². The van der Waals surface area contributed by atoms with E-state index in [0.717, 1.165) is 11.1 Å². The van der Waals surface area contributed by atoms with E-state index in [2.05, 4.69) is 6.58 Å². The predicted octanol–water partition coefficient (Wildman–Crippen LogP) is 3.57. The maximum atomic E-state index is 12.0. The molecule has 0 saturated carbocycles. The highest BCUT2D eigenvalue weighted by molar-refractivity contribution is 5.97. The molecule has 17 heavy (non-hydrogen) atoms. The predicted molar refractivity (Wildman–Crippen MR) is 69.9 cm³/mol. The first kappa shape index (κ1) is 11.3. The second kappa shape index (κ2) is 5.26. The lowest BCUT2D eigenvalue weighted by molar-refractivity contribution is -0.115. The molecule has 2 rings (SSSR count). The summed E-state index contributed by atoms with van der Waals surface area (Å²) in [5.41, 5.74) is 2.01. The third-order valence-corrected chi connectivity index (χ3v) is 2.75. The van der Waals surface area contributed by atoms with Gasteiger partial charge in [-0.1, -0.05) is 67.2 Å². The summed E-state index contributed by atoms with van der Waals surface area (Å²) in [6.45, 7) is 3.58. The Hall–Kier alpha value is -2.15. The first-order valence-corrected chi connectivity index (χ1v) is 5.59. The molecular weight excluding hydrogens is 208 g/mol. The quantitative estimate of drug-likeness (QED) is 0.723. The lowest BCUT2D eigenvalue weighted by atomic mass is 9.88. The van der Waals surface area contributed by atoms with Crippen molar-refractivity contribution in [1.29, 1.82) is 0 Å². The number of rotatable bonds is 4. The molecule has 0 fully saturated rings. The van der Waals surface area contributed by atoms with E-state index in [0.29, 0.717) is 0 Å². The number of ketones is 1. The largest absolute Gasteiger partial charge is 0.294 e. The van der Waals surface area contributed by atoms with Gasteiger partial charge < -0.3 is 0 Å². The Kier molecular flexibility index (Phi) is 3.51. The third-order valence-electron chi connectivity index (χ3n) is 2.75. The Morgan fingerprint density at radius 3 is 1.65 bits per heavy atom. The Labute approximate surface area is 101 Å². The number of hydrogen-bond acceptors (Lipinski definition) is 1. The van der Waals surface area contributed by atoms with E-state index in [1.807, 2.05) is 60.7 Å². The molecular formula is C16H14O. The van der Waals surface area contributed by atoms with Crippen LogP contribution in [0.15, 0.2) is 73.3 Å². The molecule has 84 valence electrons. The van der Waals surface area contributed by atoms with Gasteiger partial charge in [0.1, 0.15) is 0 Å². The molecule has 2 aromatic rings. The zero-order valence-corrected chi connectivity index (χ0v) is 9.54. The summed E-state index contributed by atoms with van der Waals surface area (Å²) in [6.07, 6.45) is 1.39. The standard InChI is InChI=1S/C16H14O/c1-2-15(17)16(13-9-5-3-6-10-13)14-11-7-4-8-12-14/h2-12,16H,1H2. The van der Waals surface area contributed by atoms with E-state index >= 15 is 0 Å². The summed E-state index contributed by atoms with van der Waals surface area (Å²) in [6, 6.07) is 19.6. The SMILES string of the molecule is C=CC(=O)C(c1ccccc1)c1ccccc1. The first-order valence-electron chi connectivity index (χ1n) is 5.59. The van der Waals surface area contributed by atoms with Crippen molar-refractivity contribution >= 4 is 5.78 Å². The van der Waals surface area contributed by atoms with Crippen LogP contribution >= 0.6 is 0 Å². The van der Waals surface area contributed by atoms with Gasteiger partial charge >= 0.3 is 0 Å². The lowest BCUT2D eigenvalue weighted by Gasteiger charge is -2.14. The summed E-state index contributed by atoms with van der Waals surface area (Å²) in [5.74, 6) is -0.211. The molecule has 0 aliphatic heterocycles. The van der Waals surface area contributed by atoms with E-state index in [1.165, 1.54) is 6.08 Å². The zero-order chi connectivity index (χ0) is 12.1. The van der Waals surface area contributed by atoms with Crippen molar-refractivity contribution in [3.8, 4) is 0 Å². The summed E-state index contributed by atoms with van der Waals surface area (Å²) < 4.78 is 0. The minimum atomic E-state index is -0.241. The van der Waals surface area contributed by atoms with E-state index in [4.69, 9.17) is 0 Å². The topological polar surface area (TPSA) is 17.1 Å². The first-order chi connectivity index (χ1) is 8.33. The number of carbonyl (C=O) groups is 1. The second-order valence-electron chi connectivity index (χ2n) is 3.86. The second-order valence-corrected chi connectivity index (χ2v) is 3.86. The van der Waals surface area contributed by atoms with Crippen molar-refractivity contribution in [2.45, 2.75) is 5.92 Å². The molecule has 0 aromatic heterocycles. The molecule has 1 nitrogen and oxygen atoms in total. The Morgan fingerprint density at radius 1 is 0.882 bits per heavy atom. The fourth-order valence-electron chi connectivity index (χ4n) is 1.93. The number of allylic oxidation sites excluding steroid dienone is 1. The van der Waals surface area contributed by atoms with Gasteiger partial charge in [0.05, 0.1) is 5.92 Å². The van der Waals surface area contributed by atoms with Crippen molar-refractivity contribution in [2.75, 3.05) is 0 Å². The van der Waals surface area contributed by atoms with Gasteiger partial charge in [0.15, 0.2) is 5.78 Å². The number of hydrogen-bond donors (Lipinski definition) is 0. The molecule has 0 amide bonds. The summed E-state index contributed by atoms with van der Waals surface area (Å²) in [5, 5.41) is 0. The van der Waals surface area contributed by atoms with Gasteiger partial charge in [0, 0.05) is 0 Å². The van der Waals surface area contributed by atoms with Crippen LogP contribution in [0.1, 0.15) is 17.0 Å². The highest BCUT2D eigenvalue weighted by atomic mass is 16.1. The monoisotopic (exact) mass is 222 g/mol. The maximum absolute atomic E-state index is 12.0. The van der Waals surface area contributed by atoms with Crippen molar-refractivity contribution in [1.82, 2.24) is 0 Å². The molecule has 0 aliphatic carbocycles. The lowest BCUT2D eigenvalue weighted by Crippen LogP contribution is -2.11. The molecule has 2 aromatic carbocycles. The van der Waals surface area contributed by atoms with E-state index < -0.39 is 0 Å². The van der Waals surface area contributed by atoms with Crippen LogP contribution < -0.4 is 0 Å². The third kappa shape index (κ3) is 2.51. The number of carbonyl (C=O) groups excluding carboxylic acids is 1. The molecule has 0 N–H and O–H groups in total. The smallest absolute Gasteiger partial charge is 0.166 e. The molecule has 0 radical (unpaired) electrons. The zero-order valence-electron chi connectivity index (χ0n) is 9.54. The van der Waals surface area contributed by atoms with Crippen LogP contribution in [0.2, 0.25) is 0 Å². The van der Waals surface area contributed by atoms with Gasteiger partial charge in [-0.05, 0) is 17.2 Å². The molecule has 1 heteroatoms. The van der Waals surface area contributed by atoms with Crippen molar-refractivity contribution in [3.63, 3.8) is 0 Å². The van der Waals surface area contributed by atoms with Gasteiger partial charge in [-0.3, -0.25) is 4.79 Å².